The first kappa shape index (κ1) is 10.6. The molecule has 2 rings (SSSR count). The van der Waals surface area contributed by atoms with Gasteiger partial charge in [-0.2, -0.15) is 0 Å². The molecule has 2 nitrogen and oxygen atoms in total. The van der Waals surface area contributed by atoms with Crippen molar-refractivity contribution in [1.29, 1.82) is 0 Å². The first-order valence-electron chi connectivity index (χ1n) is 4.78. The molecular weight excluding hydrogens is 218 g/mol. The quantitative estimate of drug-likeness (QED) is 0.557. The van der Waals surface area contributed by atoms with E-state index in [0.29, 0.717) is 5.69 Å². The maximum absolute atomic E-state index is 11.2. The number of nitrogens with zero attached hydrogens (tertiary/aromatic N) is 1. The third-order valence-corrected chi connectivity index (χ3v) is 3.29. The van der Waals surface area contributed by atoms with Crippen LogP contribution in [0.2, 0.25) is 0 Å². The van der Waals surface area contributed by atoms with Crippen LogP contribution in [0.5, 0.6) is 0 Å². The zero-order valence-electron chi connectivity index (χ0n) is 8.73. The van der Waals surface area contributed by atoms with E-state index in [1.165, 1.54) is 11.3 Å². The van der Waals surface area contributed by atoms with Crippen LogP contribution in [0.15, 0.2) is 35.7 Å². The van der Waals surface area contributed by atoms with Gasteiger partial charge in [0.05, 0.1) is 11.4 Å². The van der Waals surface area contributed by atoms with Crippen LogP contribution in [0.3, 0.4) is 0 Å². The molecule has 0 saturated carbocycles. The van der Waals surface area contributed by atoms with Crippen molar-refractivity contribution in [2.75, 3.05) is 0 Å². The average molecular weight is 227 g/mol. The number of carbonyl (C=O) groups excluding carboxylic acids is 1. The van der Waals surface area contributed by atoms with Crippen LogP contribution in [0, 0.1) is 6.57 Å². The summed E-state index contributed by atoms with van der Waals surface area (Å²) in [6.45, 7) is 8.51. The van der Waals surface area contributed by atoms with E-state index in [1.807, 2.05) is 29.6 Å². The average Bonchev–Trinajstić information content (AvgIpc) is 2.78. The Hall–Kier alpha value is -1.92. The molecule has 0 fully saturated rings. The molecule has 0 saturated heterocycles. The Balaban J connectivity index is 2.43. The van der Waals surface area contributed by atoms with Gasteiger partial charge >= 0.3 is 0 Å². The number of rotatable bonds is 2. The molecule has 1 aromatic carbocycles. The van der Waals surface area contributed by atoms with Crippen molar-refractivity contribution in [2.24, 2.45) is 0 Å². The largest absolute Gasteiger partial charge is 0.294 e. The fourth-order valence-electron chi connectivity index (χ4n) is 1.43. The van der Waals surface area contributed by atoms with Crippen LogP contribution in [-0.4, -0.2) is 5.78 Å². The van der Waals surface area contributed by atoms with E-state index in [0.717, 1.165) is 16.0 Å². The highest BCUT2D eigenvalue weighted by Crippen LogP contribution is 2.28. The van der Waals surface area contributed by atoms with Gasteiger partial charge in [-0.3, -0.25) is 4.79 Å². The van der Waals surface area contributed by atoms with Crippen molar-refractivity contribution < 1.29 is 4.79 Å². The Labute approximate surface area is 98.0 Å². The standard InChI is InChI=1S/C13H9NOS/c1-9(15)13-7-11(8-16-13)10-4-3-5-12(6-10)14-2/h3-8H,1H3. The molecule has 3 heteroatoms. The number of Topliss-reactive ketones (excluding diaryl/α,β-unsaturated/α-hetero) is 1. The topological polar surface area (TPSA) is 21.4 Å². The molecule has 78 valence electrons. The number of carbonyl (C=O) groups is 1. The van der Waals surface area contributed by atoms with Crippen LogP contribution in [0.1, 0.15) is 16.6 Å². The fraction of sp³-hybridized carbons (Fsp3) is 0.0769. The smallest absolute Gasteiger partial charge is 0.187 e. The van der Waals surface area contributed by atoms with Crippen molar-refractivity contribution >= 4 is 22.8 Å². The summed E-state index contributed by atoms with van der Waals surface area (Å²) in [6, 6.07) is 9.28. The van der Waals surface area contributed by atoms with Crippen LogP contribution in [-0.2, 0) is 0 Å². The van der Waals surface area contributed by atoms with Gasteiger partial charge in [-0.05, 0) is 35.6 Å². The van der Waals surface area contributed by atoms with E-state index in [9.17, 15) is 4.79 Å². The molecule has 0 N–H and O–H groups in total. The van der Waals surface area contributed by atoms with Gasteiger partial charge in [0.1, 0.15) is 0 Å². The van der Waals surface area contributed by atoms with E-state index < -0.39 is 0 Å². The fourth-order valence-corrected chi connectivity index (χ4v) is 2.25. The van der Waals surface area contributed by atoms with Gasteiger partial charge in [-0.1, -0.05) is 18.2 Å². The number of benzene rings is 1. The molecule has 0 bridgehead atoms. The highest BCUT2D eigenvalue weighted by molar-refractivity contribution is 7.12. The Bertz CT molecular complexity index is 578. The third kappa shape index (κ3) is 2.02. The van der Waals surface area contributed by atoms with Gasteiger partial charge in [0.2, 0.25) is 0 Å². The molecule has 0 radical (unpaired) electrons. The third-order valence-electron chi connectivity index (χ3n) is 2.26. The second kappa shape index (κ2) is 4.30. The molecule has 1 aromatic heterocycles. The Morgan fingerprint density at radius 1 is 1.31 bits per heavy atom. The van der Waals surface area contributed by atoms with Crippen molar-refractivity contribution in [2.45, 2.75) is 6.92 Å². The molecule has 0 unspecified atom stereocenters. The van der Waals surface area contributed by atoms with Gasteiger partial charge in [0.25, 0.3) is 0 Å². The monoisotopic (exact) mass is 227 g/mol. The molecule has 0 spiro atoms. The summed E-state index contributed by atoms with van der Waals surface area (Å²) in [6.07, 6.45) is 0. The maximum Gasteiger partial charge on any atom is 0.187 e. The van der Waals surface area contributed by atoms with Crippen molar-refractivity contribution in [3.63, 3.8) is 0 Å². The normalized spacial score (nSPS) is 9.75. The molecule has 0 aliphatic heterocycles. The zero-order chi connectivity index (χ0) is 11.5. The van der Waals surface area contributed by atoms with Crippen LogP contribution < -0.4 is 0 Å². The van der Waals surface area contributed by atoms with Crippen LogP contribution in [0.4, 0.5) is 5.69 Å². The molecule has 16 heavy (non-hydrogen) atoms. The van der Waals surface area contributed by atoms with Gasteiger partial charge in [-0.15, -0.1) is 11.3 Å². The van der Waals surface area contributed by atoms with E-state index in [2.05, 4.69) is 4.85 Å². The predicted molar refractivity (Wildman–Crippen MR) is 66.0 cm³/mol. The lowest BCUT2D eigenvalue weighted by atomic mass is 10.1. The summed E-state index contributed by atoms with van der Waals surface area (Å²) in [7, 11) is 0. The van der Waals surface area contributed by atoms with Gasteiger partial charge < -0.3 is 0 Å². The summed E-state index contributed by atoms with van der Waals surface area (Å²) in [5.74, 6) is 0.0811. The van der Waals surface area contributed by atoms with E-state index in [4.69, 9.17) is 6.57 Å². The minimum atomic E-state index is 0.0811. The van der Waals surface area contributed by atoms with Crippen molar-refractivity contribution in [1.82, 2.24) is 0 Å². The van der Waals surface area contributed by atoms with Gasteiger partial charge in [0.15, 0.2) is 11.5 Å². The lowest BCUT2D eigenvalue weighted by Gasteiger charge is -1.97. The van der Waals surface area contributed by atoms with Crippen LogP contribution >= 0.6 is 11.3 Å². The second-order valence-corrected chi connectivity index (χ2v) is 4.33. The van der Waals surface area contributed by atoms with Gasteiger partial charge in [0, 0.05) is 0 Å². The molecule has 0 aliphatic rings. The summed E-state index contributed by atoms with van der Waals surface area (Å²) < 4.78 is 0. The Morgan fingerprint density at radius 3 is 2.75 bits per heavy atom. The molecule has 2 aromatic rings. The lowest BCUT2D eigenvalue weighted by molar-refractivity contribution is 0.102. The predicted octanol–water partition coefficient (Wildman–Crippen LogP) is 4.17. The Morgan fingerprint density at radius 2 is 2.12 bits per heavy atom. The van der Waals surface area contributed by atoms with Crippen LogP contribution in [0.25, 0.3) is 16.0 Å². The highest BCUT2D eigenvalue weighted by atomic mass is 32.1. The highest BCUT2D eigenvalue weighted by Gasteiger charge is 2.06. The molecule has 0 atom stereocenters. The number of hydrogen-bond donors (Lipinski definition) is 0. The molecule has 1 heterocycles. The number of hydrogen-bond acceptors (Lipinski definition) is 2. The van der Waals surface area contributed by atoms with E-state index in [1.54, 1.807) is 13.0 Å². The molecule has 0 amide bonds. The second-order valence-electron chi connectivity index (χ2n) is 3.42. The SMILES string of the molecule is [C-]#[N+]c1cccc(-c2csc(C(C)=O)c2)c1. The minimum Gasteiger partial charge on any atom is -0.294 e. The van der Waals surface area contributed by atoms with Crippen molar-refractivity contribution in [3.8, 4) is 11.1 Å². The summed E-state index contributed by atoms with van der Waals surface area (Å²) in [5.41, 5.74) is 2.60. The zero-order valence-corrected chi connectivity index (χ0v) is 9.54. The van der Waals surface area contributed by atoms with Crippen molar-refractivity contribution in [3.05, 3.63) is 52.0 Å². The van der Waals surface area contributed by atoms with E-state index in [-0.39, 0.29) is 5.78 Å². The number of ketones is 1. The first-order chi connectivity index (χ1) is 7.70. The number of thiophene rings is 1. The molecule has 0 aliphatic carbocycles. The Kier molecular flexibility index (Phi) is 2.84. The minimum absolute atomic E-state index is 0.0811. The van der Waals surface area contributed by atoms with E-state index >= 15 is 0 Å². The lowest BCUT2D eigenvalue weighted by Crippen LogP contribution is -1.84. The summed E-state index contributed by atoms with van der Waals surface area (Å²) in [4.78, 5) is 15.3. The maximum atomic E-state index is 11.2. The summed E-state index contributed by atoms with van der Waals surface area (Å²) in [5, 5.41) is 1.94. The molecular formula is C13H9NOS. The summed E-state index contributed by atoms with van der Waals surface area (Å²) >= 11 is 1.44. The first-order valence-corrected chi connectivity index (χ1v) is 5.66. The van der Waals surface area contributed by atoms with Gasteiger partial charge in [-0.25, -0.2) is 4.85 Å².